The van der Waals surface area contributed by atoms with E-state index in [1.54, 1.807) is 6.07 Å². The first-order chi connectivity index (χ1) is 7.27. The molecule has 15 heavy (non-hydrogen) atoms. The lowest BCUT2D eigenvalue weighted by molar-refractivity contribution is 0.164. The molecule has 82 valence electrons. The van der Waals surface area contributed by atoms with Gasteiger partial charge < -0.3 is 10.4 Å². The SMILES string of the molecule is CC1CNCCN1Cc1ccccc1O. The van der Waals surface area contributed by atoms with Gasteiger partial charge in [-0.05, 0) is 13.0 Å². The zero-order valence-electron chi connectivity index (χ0n) is 9.11. The largest absolute Gasteiger partial charge is 0.508 e. The highest BCUT2D eigenvalue weighted by molar-refractivity contribution is 5.31. The van der Waals surface area contributed by atoms with Crippen molar-refractivity contribution in [1.29, 1.82) is 0 Å². The van der Waals surface area contributed by atoms with E-state index < -0.39 is 0 Å². The molecule has 1 heterocycles. The molecule has 1 aromatic rings. The van der Waals surface area contributed by atoms with Crippen molar-refractivity contribution in [1.82, 2.24) is 10.2 Å². The van der Waals surface area contributed by atoms with Crippen LogP contribution in [0.4, 0.5) is 0 Å². The highest BCUT2D eigenvalue weighted by Gasteiger charge is 2.18. The Morgan fingerprint density at radius 2 is 2.27 bits per heavy atom. The zero-order valence-corrected chi connectivity index (χ0v) is 9.11. The number of nitrogens with zero attached hydrogens (tertiary/aromatic N) is 1. The molecule has 0 spiro atoms. The van der Waals surface area contributed by atoms with E-state index in [1.807, 2.05) is 18.2 Å². The van der Waals surface area contributed by atoms with Gasteiger partial charge in [-0.2, -0.15) is 0 Å². The highest BCUT2D eigenvalue weighted by Crippen LogP contribution is 2.19. The lowest BCUT2D eigenvalue weighted by Gasteiger charge is -2.33. The van der Waals surface area contributed by atoms with Crippen LogP contribution in [-0.4, -0.2) is 35.7 Å². The van der Waals surface area contributed by atoms with Crippen molar-refractivity contribution in [3.63, 3.8) is 0 Å². The second-order valence-electron chi connectivity index (χ2n) is 4.15. The van der Waals surface area contributed by atoms with Gasteiger partial charge in [-0.15, -0.1) is 0 Å². The van der Waals surface area contributed by atoms with Gasteiger partial charge in [-0.1, -0.05) is 18.2 Å². The standard InChI is InChI=1S/C12H18N2O/c1-10-8-13-6-7-14(10)9-11-4-2-3-5-12(11)15/h2-5,10,13,15H,6-9H2,1H3. The van der Waals surface area contributed by atoms with Gasteiger partial charge in [0.25, 0.3) is 0 Å². The number of para-hydroxylation sites is 1. The van der Waals surface area contributed by atoms with Crippen LogP contribution in [0.25, 0.3) is 0 Å². The molecule has 1 atom stereocenters. The Balaban J connectivity index is 2.04. The minimum Gasteiger partial charge on any atom is -0.508 e. The second kappa shape index (κ2) is 4.64. The lowest BCUT2D eigenvalue weighted by Crippen LogP contribution is -2.49. The van der Waals surface area contributed by atoms with Crippen molar-refractivity contribution in [3.8, 4) is 5.75 Å². The van der Waals surface area contributed by atoms with Gasteiger partial charge in [0.2, 0.25) is 0 Å². The number of nitrogens with one attached hydrogen (secondary N) is 1. The summed E-state index contributed by atoms with van der Waals surface area (Å²) in [6.07, 6.45) is 0. The first-order valence-corrected chi connectivity index (χ1v) is 5.49. The van der Waals surface area contributed by atoms with Crippen LogP contribution in [0.15, 0.2) is 24.3 Å². The van der Waals surface area contributed by atoms with E-state index in [-0.39, 0.29) is 0 Å². The minimum absolute atomic E-state index is 0.406. The predicted octanol–water partition coefficient (Wildman–Crippen LogP) is 1.19. The molecule has 1 aliphatic heterocycles. The van der Waals surface area contributed by atoms with Gasteiger partial charge in [0.05, 0.1) is 0 Å². The molecule has 0 aromatic heterocycles. The first kappa shape index (κ1) is 10.5. The van der Waals surface area contributed by atoms with E-state index in [1.165, 1.54) is 0 Å². The summed E-state index contributed by atoms with van der Waals surface area (Å²) in [6, 6.07) is 8.12. The maximum absolute atomic E-state index is 9.69. The third-order valence-corrected chi connectivity index (χ3v) is 3.00. The fourth-order valence-electron chi connectivity index (χ4n) is 1.98. The summed E-state index contributed by atoms with van der Waals surface area (Å²) in [6.45, 7) is 6.18. The van der Waals surface area contributed by atoms with Crippen LogP contribution in [0.2, 0.25) is 0 Å². The number of hydrogen-bond donors (Lipinski definition) is 2. The third kappa shape index (κ3) is 2.49. The Morgan fingerprint density at radius 3 is 3.00 bits per heavy atom. The number of hydrogen-bond acceptors (Lipinski definition) is 3. The van der Waals surface area contributed by atoms with Crippen LogP contribution in [-0.2, 0) is 6.54 Å². The number of aromatic hydroxyl groups is 1. The number of phenols is 1. The summed E-state index contributed by atoms with van der Waals surface area (Å²) >= 11 is 0. The predicted molar refractivity (Wildman–Crippen MR) is 60.8 cm³/mol. The van der Waals surface area contributed by atoms with E-state index >= 15 is 0 Å². The Hall–Kier alpha value is -1.06. The Kier molecular flexibility index (Phi) is 3.23. The van der Waals surface area contributed by atoms with Crippen molar-refractivity contribution in [2.75, 3.05) is 19.6 Å². The first-order valence-electron chi connectivity index (χ1n) is 5.49. The molecule has 1 fully saturated rings. The molecule has 1 aliphatic rings. The van der Waals surface area contributed by atoms with Crippen molar-refractivity contribution >= 4 is 0 Å². The molecule has 0 saturated carbocycles. The quantitative estimate of drug-likeness (QED) is 0.763. The summed E-state index contributed by atoms with van der Waals surface area (Å²) in [5, 5.41) is 13.0. The molecule has 1 saturated heterocycles. The average molecular weight is 206 g/mol. The van der Waals surface area contributed by atoms with Gasteiger partial charge >= 0.3 is 0 Å². The van der Waals surface area contributed by atoms with Crippen LogP contribution in [0.5, 0.6) is 5.75 Å². The fraction of sp³-hybridized carbons (Fsp3) is 0.500. The Bertz CT molecular complexity index is 327. The number of piperazine rings is 1. The molecule has 3 heteroatoms. The highest BCUT2D eigenvalue weighted by atomic mass is 16.3. The summed E-state index contributed by atoms with van der Waals surface area (Å²) in [4.78, 5) is 2.39. The van der Waals surface area contributed by atoms with Crippen molar-refractivity contribution in [3.05, 3.63) is 29.8 Å². The fourth-order valence-corrected chi connectivity index (χ4v) is 1.98. The van der Waals surface area contributed by atoms with Crippen molar-refractivity contribution in [2.45, 2.75) is 19.5 Å². The van der Waals surface area contributed by atoms with Gasteiger partial charge in [0, 0.05) is 37.8 Å². The Morgan fingerprint density at radius 1 is 1.47 bits per heavy atom. The lowest BCUT2D eigenvalue weighted by atomic mass is 10.1. The number of benzene rings is 1. The maximum Gasteiger partial charge on any atom is 0.120 e. The normalized spacial score (nSPS) is 22.9. The van der Waals surface area contributed by atoms with Crippen LogP contribution in [0, 0.1) is 0 Å². The minimum atomic E-state index is 0.406. The molecule has 0 aliphatic carbocycles. The van der Waals surface area contributed by atoms with E-state index in [0.717, 1.165) is 31.7 Å². The third-order valence-electron chi connectivity index (χ3n) is 3.00. The van der Waals surface area contributed by atoms with Crippen molar-refractivity contribution in [2.24, 2.45) is 0 Å². The van der Waals surface area contributed by atoms with Crippen LogP contribution in [0.1, 0.15) is 12.5 Å². The molecular formula is C12H18N2O. The van der Waals surface area contributed by atoms with Crippen LogP contribution in [0.3, 0.4) is 0 Å². The molecular weight excluding hydrogens is 188 g/mol. The van der Waals surface area contributed by atoms with Gasteiger partial charge in [0.1, 0.15) is 5.75 Å². The maximum atomic E-state index is 9.69. The molecule has 2 N–H and O–H groups in total. The van der Waals surface area contributed by atoms with E-state index in [4.69, 9.17) is 0 Å². The van der Waals surface area contributed by atoms with Gasteiger partial charge in [-0.25, -0.2) is 0 Å². The molecule has 1 aromatic carbocycles. The zero-order chi connectivity index (χ0) is 10.7. The molecule has 2 rings (SSSR count). The van der Waals surface area contributed by atoms with E-state index in [2.05, 4.69) is 17.1 Å². The summed E-state index contributed by atoms with van der Waals surface area (Å²) < 4.78 is 0. The van der Waals surface area contributed by atoms with E-state index in [9.17, 15) is 5.11 Å². The number of phenolic OH excluding ortho intramolecular Hbond substituents is 1. The monoisotopic (exact) mass is 206 g/mol. The van der Waals surface area contributed by atoms with Crippen LogP contribution >= 0.6 is 0 Å². The van der Waals surface area contributed by atoms with E-state index in [0.29, 0.717) is 11.8 Å². The Labute approximate surface area is 90.7 Å². The topological polar surface area (TPSA) is 35.5 Å². The van der Waals surface area contributed by atoms with Crippen molar-refractivity contribution < 1.29 is 5.11 Å². The van der Waals surface area contributed by atoms with Crippen LogP contribution < -0.4 is 5.32 Å². The summed E-state index contributed by atoms with van der Waals surface area (Å²) in [5.41, 5.74) is 1.02. The summed E-state index contributed by atoms with van der Waals surface area (Å²) in [5.74, 6) is 0.406. The summed E-state index contributed by atoms with van der Waals surface area (Å²) in [7, 11) is 0. The molecule has 0 bridgehead atoms. The number of rotatable bonds is 2. The smallest absolute Gasteiger partial charge is 0.120 e. The second-order valence-corrected chi connectivity index (χ2v) is 4.15. The molecule has 1 unspecified atom stereocenters. The molecule has 0 amide bonds. The molecule has 3 nitrogen and oxygen atoms in total. The van der Waals surface area contributed by atoms with Gasteiger partial charge in [-0.3, -0.25) is 4.90 Å². The average Bonchev–Trinajstić information content (AvgIpc) is 2.24. The van der Waals surface area contributed by atoms with Gasteiger partial charge in [0.15, 0.2) is 0 Å². The molecule has 0 radical (unpaired) electrons.